The van der Waals surface area contributed by atoms with Crippen molar-refractivity contribution in [1.29, 1.82) is 0 Å². The molecule has 4 nitrogen and oxygen atoms in total. The molecule has 0 bridgehead atoms. The smallest absolute Gasteiger partial charge is 0.241 e. The van der Waals surface area contributed by atoms with Crippen molar-refractivity contribution in [2.75, 3.05) is 19.8 Å². The lowest BCUT2D eigenvalue weighted by Crippen LogP contribution is -2.34. The van der Waals surface area contributed by atoms with E-state index in [4.69, 9.17) is 16.3 Å². The van der Waals surface area contributed by atoms with Crippen LogP contribution < -0.4 is 5.32 Å². The van der Waals surface area contributed by atoms with Crippen molar-refractivity contribution in [3.63, 3.8) is 0 Å². The summed E-state index contributed by atoms with van der Waals surface area (Å²) in [6, 6.07) is 7.55. The van der Waals surface area contributed by atoms with E-state index in [9.17, 15) is 4.79 Å². The van der Waals surface area contributed by atoms with Crippen LogP contribution >= 0.6 is 11.6 Å². The van der Waals surface area contributed by atoms with Gasteiger partial charge in [0.2, 0.25) is 5.91 Å². The first-order valence-corrected chi connectivity index (χ1v) is 7.94. The Morgan fingerprint density at radius 3 is 2.62 bits per heavy atom. The number of benzene rings is 1. The van der Waals surface area contributed by atoms with Crippen LogP contribution in [0.1, 0.15) is 38.4 Å². The summed E-state index contributed by atoms with van der Waals surface area (Å²) in [6.45, 7) is 5.88. The topological polar surface area (TPSA) is 41.6 Å². The number of carbonyl (C=O) groups is 1. The lowest BCUT2D eigenvalue weighted by atomic mass is 10.1. The van der Waals surface area contributed by atoms with E-state index in [1.54, 1.807) is 0 Å². The first-order chi connectivity index (χ1) is 10.2. The number of nitrogens with zero attached hydrogens (tertiary/aromatic N) is 1. The van der Waals surface area contributed by atoms with Crippen molar-refractivity contribution >= 4 is 17.5 Å². The number of ether oxygens (including phenoxy) is 1. The number of nitrogens with one attached hydrogen (secondary N) is 1. The number of hydrogen-bond acceptors (Lipinski definition) is 3. The predicted octanol–water partition coefficient (Wildman–Crippen LogP) is 2.98. The van der Waals surface area contributed by atoms with Gasteiger partial charge in [-0.2, -0.15) is 0 Å². The molecule has 2 unspecified atom stereocenters. The maximum atomic E-state index is 12.5. The first kappa shape index (κ1) is 16.3. The second-order valence-electron chi connectivity index (χ2n) is 5.19. The average molecular weight is 311 g/mol. The van der Waals surface area contributed by atoms with E-state index in [0.29, 0.717) is 24.8 Å². The second-order valence-corrected chi connectivity index (χ2v) is 5.63. The second kappa shape index (κ2) is 7.78. The van der Waals surface area contributed by atoms with Crippen molar-refractivity contribution in [3.8, 4) is 0 Å². The normalized spacial score (nSPS) is 22.0. The lowest BCUT2D eigenvalue weighted by molar-refractivity contribution is -0.131. The van der Waals surface area contributed by atoms with E-state index in [1.807, 2.05) is 36.1 Å². The molecule has 1 fully saturated rings. The van der Waals surface area contributed by atoms with Crippen LogP contribution in [0.3, 0.4) is 0 Å². The van der Waals surface area contributed by atoms with Crippen LogP contribution in [0.25, 0.3) is 0 Å². The van der Waals surface area contributed by atoms with Gasteiger partial charge < -0.3 is 9.64 Å². The van der Waals surface area contributed by atoms with Crippen LogP contribution in [0.15, 0.2) is 24.3 Å². The molecule has 1 aliphatic heterocycles. The Kier molecular flexibility index (Phi) is 6.03. The molecule has 21 heavy (non-hydrogen) atoms. The van der Waals surface area contributed by atoms with E-state index in [2.05, 4.69) is 12.2 Å². The molecule has 2 atom stereocenters. The van der Waals surface area contributed by atoms with Crippen LogP contribution in [0.4, 0.5) is 0 Å². The molecule has 0 spiro atoms. The molecule has 0 aliphatic carbocycles. The Hall–Kier alpha value is -1.10. The summed E-state index contributed by atoms with van der Waals surface area (Å²) in [5.74, 6) is 0.163. The molecule has 2 rings (SSSR count). The minimum Gasteiger partial charge on any atom is -0.380 e. The number of amides is 1. The summed E-state index contributed by atoms with van der Waals surface area (Å²) in [5, 5.41) is 4.13. The highest BCUT2D eigenvalue weighted by Gasteiger charge is 2.38. The molecule has 1 N–H and O–H groups in total. The molecule has 0 saturated carbocycles. The maximum absolute atomic E-state index is 12.5. The fourth-order valence-corrected chi connectivity index (χ4v) is 2.77. The third-order valence-corrected chi connectivity index (χ3v) is 3.95. The van der Waals surface area contributed by atoms with Gasteiger partial charge in [0, 0.05) is 18.2 Å². The molecule has 1 heterocycles. The van der Waals surface area contributed by atoms with Crippen molar-refractivity contribution < 1.29 is 9.53 Å². The molecule has 5 heteroatoms. The Balaban J connectivity index is 2.14. The molecule has 1 aromatic carbocycles. The molecule has 1 amide bonds. The van der Waals surface area contributed by atoms with Crippen molar-refractivity contribution in [2.45, 2.75) is 38.9 Å². The summed E-state index contributed by atoms with van der Waals surface area (Å²) in [4.78, 5) is 14.4. The van der Waals surface area contributed by atoms with Crippen LogP contribution in [0.2, 0.25) is 5.02 Å². The molecule has 1 aliphatic rings. The Labute approximate surface area is 131 Å². The Morgan fingerprint density at radius 2 is 2.00 bits per heavy atom. The van der Waals surface area contributed by atoms with E-state index >= 15 is 0 Å². The van der Waals surface area contributed by atoms with Gasteiger partial charge in [-0.15, -0.1) is 0 Å². The van der Waals surface area contributed by atoms with Gasteiger partial charge in [-0.05, 0) is 31.0 Å². The third-order valence-electron chi connectivity index (χ3n) is 3.70. The Bertz CT molecular complexity index is 464. The van der Waals surface area contributed by atoms with Gasteiger partial charge in [0.15, 0.2) is 0 Å². The standard InChI is InChI=1S/C16H23ClN2O2/c1-3-5-14-16(20)19(10-11-21-4-2)15(18-14)12-6-8-13(17)9-7-12/h6-9,14-15,18H,3-5,10-11H2,1-2H3. The quantitative estimate of drug-likeness (QED) is 0.787. The lowest BCUT2D eigenvalue weighted by Gasteiger charge is -2.24. The SMILES string of the molecule is CCCC1NC(c2ccc(Cl)cc2)N(CCOCC)C1=O. The highest BCUT2D eigenvalue weighted by Crippen LogP contribution is 2.27. The largest absolute Gasteiger partial charge is 0.380 e. The number of hydrogen-bond donors (Lipinski definition) is 1. The van der Waals surface area contributed by atoms with Crippen LogP contribution in [0.5, 0.6) is 0 Å². The fourth-order valence-electron chi connectivity index (χ4n) is 2.64. The van der Waals surface area contributed by atoms with Gasteiger partial charge in [0.05, 0.1) is 12.6 Å². The van der Waals surface area contributed by atoms with Crippen molar-refractivity contribution in [3.05, 3.63) is 34.9 Å². The molecule has 1 saturated heterocycles. The van der Waals surface area contributed by atoms with E-state index in [-0.39, 0.29) is 18.1 Å². The summed E-state index contributed by atoms with van der Waals surface area (Å²) in [7, 11) is 0. The molecule has 0 aromatic heterocycles. The molecular weight excluding hydrogens is 288 g/mol. The predicted molar refractivity (Wildman–Crippen MR) is 84.2 cm³/mol. The zero-order chi connectivity index (χ0) is 15.2. The minimum absolute atomic E-state index is 0.0910. The summed E-state index contributed by atoms with van der Waals surface area (Å²) in [6.07, 6.45) is 1.75. The van der Waals surface area contributed by atoms with Crippen LogP contribution in [0, 0.1) is 0 Å². The van der Waals surface area contributed by atoms with Gasteiger partial charge in [-0.1, -0.05) is 37.1 Å². The van der Waals surface area contributed by atoms with Gasteiger partial charge in [-0.3, -0.25) is 10.1 Å². The zero-order valence-electron chi connectivity index (χ0n) is 12.6. The van der Waals surface area contributed by atoms with Gasteiger partial charge in [0.25, 0.3) is 0 Å². The maximum Gasteiger partial charge on any atom is 0.241 e. The Morgan fingerprint density at radius 1 is 1.29 bits per heavy atom. The van der Waals surface area contributed by atoms with E-state index in [1.165, 1.54) is 0 Å². The molecule has 1 aromatic rings. The molecular formula is C16H23ClN2O2. The highest BCUT2D eigenvalue weighted by molar-refractivity contribution is 6.30. The van der Waals surface area contributed by atoms with Gasteiger partial charge >= 0.3 is 0 Å². The first-order valence-electron chi connectivity index (χ1n) is 7.57. The molecule has 116 valence electrons. The highest BCUT2D eigenvalue weighted by atomic mass is 35.5. The van der Waals surface area contributed by atoms with Gasteiger partial charge in [0.1, 0.15) is 6.17 Å². The fraction of sp³-hybridized carbons (Fsp3) is 0.562. The number of halogens is 1. The van der Waals surface area contributed by atoms with Crippen molar-refractivity contribution in [1.82, 2.24) is 10.2 Å². The van der Waals surface area contributed by atoms with E-state index in [0.717, 1.165) is 18.4 Å². The van der Waals surface area contributed by atoms with Crippen LogP contribution in [-0.4, -0.2) is 36.6 Å². The number of rotatable bonds is 7. The zero-order valence-corrected chi connectivity index (χ0v) is 13.4. The van der Waals surface area contributed by atoms with Crippen LogP contribution in [-0.2, 0) is 9.53 Å². The number of carbonyl (C=O) groups excluding carboxylic acids is 1. The monoisotopic (exact) mass is 310 g/mol. The summed E-state index contributed by atoms with van der Waals surface area (Å²) < 4.78 is 5.40. The van der Waals surface area contributed by atoms with Gasteiger partial charge in [-0.25, -0.2) is 0 Å². The summed E-state index contributed by atoms with van der Waals surface area (Å²) >= 11 is 5.94. The minimum atomic E-state index is -0.0997. The van der Waals surface area contributed by atoms with Crippen molar-refractivity contribution in [2.24, 2.45) is 0 Å². The van der Waals surface area contributed by atoms with E-state index < -0.39 is 0 Å². The summed E-state index contributed by atoms with van der Waals surface area (Å²) in [5.41, 5.74) is 1.06. The average Bonchev–Trinajstić information content (AvgIpc) is 2.78. The molecule has 0 radical (unpaired) electrons. The third kappa shape index (κ3) is 3.96.